The highest BCUT2D eigenvalue weighted by atomic mass is 14.9. The molecule has 2 nitrogen and oxygen atoms in total. The van der Waals surface area contributed by atoms with E-state index in [1.807, 2.05) is 48.7 Å². The largest absolute Gasteiger partial charge is 0.362 e. The van der Waals surface area contributed by atoms with E-state index in [1.165, 1.54) is 27.8 Å². The Bertz CT molecular complexity index is 1900. The van der Waals surface area contributed by atoms with Gasteiger partial charge in [-0.15, -0.1) is 0 Å². The molecule has 212 valence electrons. The Hall–Kier alpha value is -5.86. The van der Waals surface area contributed by atoms with Crippen molar-refractivity contribution in [2.24, 2.45) is 0 Å². The van der Waals surface area contributed by atoms with Crippen LogP contribution >= 0.6 is 0 Å². The zero-order valence-electron chi connectivity index (χ0n) is 24.5. The van der Waals surface area contributed by atoms with E-state index in [0.717, 1.165) is 33.8 Å². The third-order valence-corrected chi connectivity index (χ3v) is 7.47. The lowest BCUT2D eigenvalue weighted by Crippen LogP contribution is -1.94. The SMILES string of the molecule is C=C(/C=C\C=C/Nc1ccc(-c2cccc(-c3ccccc3Nc3cccc(-c4ccccc4)c3)c2)cc1)c1ccccc1. The van der Waals surface area contributed by atoms with Gasteiger partial charge in [0.25, 0.3) is 0 Å². The number of anilines is 3. The molecule has 44 heavy (non-hydrogen) atoms. The van der Waals surface area contributed by atoms with Crippen LogP contribution in [-0.2, 0) is 0 Å². The minimum atomic E-state index is 0.984. The second kappa shape index (κ2) is 13.9. The summed E-state index contributed by atoms with van der Waals surface area (Å²) in [4.78, 5) is 0. The summed E-state index contributed by atoms with van der Waals surface area (Å²) in [6.45, 7) is 4.14. The van der Waals surface area contributed by atoms with Crippen LogP contribution in [0, 0.1) is 0 Å². The van der Waals surface area contributed by atoms with E-state index in [4.69, 9.17) is 0 Å². The Labute approximate surface area is 260 Å². The minimum absolute atomic E-state index is 0.984. The number of hydrogen-bond acceptors (Lipinski definition) is 2. The van der Waals surface area contributed by atoms with Gasteiger partial charge in [-0.1, -0.05) is 140 Å². The molecule has 0 radical (unpaired) electrons. The van der Waals surface area contributed by atoms with Crippen molar-refractivity contribution in [3.8, 4) is 33.4 Å². The quantitative estimate of drug-likeness (QED) is 0.161. The van der Waals surface area contributed by atoms with Crippen molar-refractivity contribution in [1.29, 1.82) is 0 Å². The summed E-state index contributed by atoms with van der Waals surface area (Å²) in [5.41, 5.74) is 12.3. The van der Waals surface area contributed by atoms with E-state index in [9.17, 15) is 0 Å². The van der Waals surface area contributed by atoms with E-state index >= 15 is 0 Å². The fourth-order valence-corrected chi connectivity index (χ4v) is 5.15. The Balaban J connectivity index is 1.14. The molecule has 6 aromatic rings. The van der Waals surface area contributed by atoms with Crippen LogP contribution in [-0.4, -0.2) is 0 Å². The standard InChI is InChI=1S/C42H34N2/c1-32(33-15-4-2-5-16-33)14-10-11-29-43-39-27-25-35(26-28-39)36-19-12-21-38(30-36)41-23-8-9-24-42(41)44-40-22-13-20-37(31-40)34-17-6-3-7-18-34/h2-31,43-44H,1H2/b14-10-,29-11-. The third-order valence-electron chi connectivity index (χ3n) is 7.47. The van der Waals surface area contributed by atoms with Crippen molar-refractivity contribution >= 4 is 22.6 Å². The van der Waals surface area contributed by atoms with Crippen LogP contribution in [0.2, 0.25) is 0 Å². The van der Waals surface area contributed by atoms with Gasteiger partial charge in [0, 0.05) is 28.8 Å². The summed E-state index contributed by atoms with van der Waals surface area (Å²) in [5.74, 6) is 0. The van der Waals surface area contributed by atoms with E-state index in [1.54, 1.807) is 0 Å². The summed E-state index contributed by atoms with van der Waals surface area (Å²) in [7, 11) is 0. The van der Waals surface area contributed by atoms with Gasteiger partial charge in [-0.3, -0.25) is 0 Å². The molecule has 0 aromatic heterocycles. The number of benzene rings is 6. The second-order valence-corrected chi connectivity index (χ2v) is 10.5. The van der Waals surface area contributed by atoms with Crippen molar-refractivity contribution in [3.05, 3.63) is 194 Å². The molecule has 0 saturated heterocycles. The number of nitrogens with one attached hydrogen (secondary N) is 2. The summed E-state index contributed by atoms with van der Waals surface area (Å²) < 4.78 is 0. The summed E-state index contributed by atoms with van der Waals surface area (Å²) in [6, 6.07) is 54.9. The normalized spacial score (nSPS) is 11.1. The van der Waals surface area contributed by atoms with Crippen LogP contribution in [0.5, 0.6) is 0 Å². The number of allylic oxidation sites excluding steroid dienone is 4. The fraction of sp³-hybridized carbons (Fsp3) is 0. The van der Waals surface area contributed by atoms with E-state index < -0.39 is 0 Å². The van der Waals surface area contributed by atoms with Crippen molar-refractivity contribution in [1.82, 2.24) is 0 Å². The molecule has 0 atom stereocenters. The monoisotopic (exact) mass is 566 g/mol. The predicted octanol–water partition coefficient (Wildman–Crippen LogP) is 11.6. The molecule has 0 amide bonds. The van der Waals surface area contributed by atoms with Gasteiger partial charge in [0.2, 0.25) is 0 Å². The topological polar surface area (TPSA) is 24.1 Å². The first-order valence-corrected chi connectivity index (χ1v) is 14.8. The molecule has 0 bridgehead atoms. The van der Waals surface area contributed by atoms with E-state index in [-0.39, 0.29) is 0 Å². The van der Waals surface area contributed by atoms with Gasteiger partial charge in [0.15, 0.2) is 0 Å². The highest BCUT2D eigenvalue weighted by Gasteiger charge is 2.08. The van der Waals surface area contributed by atoms with Crippen LogP contribution in [0.1, 0.15) is 5.56 Å². The van der Waals surface area contributed by atoms with Gasteiger partial charge in [-0.05, 0) is 81.4 Å². The Morgan fingerprint density at radius 2 is 1.09 bits per heavy atom. The van der Waals surface area contributed by atoms with Crippen molar-refractivity contribution in [2.75, 3.05) is 10.6 Å². The molecule has 0 unspecified atom stereocenters. The molecule has 0 fully saturated rings. The molecular formula is C42H34N2. The number of hydrogen-bond donors (Lipinski definition) is 2. The van der Waals surface area contributed by atoms with Crippen LogP contribution in [0.25, 0.3) is 39.0 Å². The maximum atomic E-state index is 4.14. The minimum Gasteiger partial charge on any atom is -0.362 e. The van der Waals surface area contributed by atoms with Gasteiger partial charge in [0.1, 0.15) is 0 Å². The Kier molecular flexibility index (Phi) is 8.91. The molecule has 0 aliphatic heterocycles. The first kappa shape index (κ1) is 28.3. The number of rotatable bonds is 10. The van der Waals surface area contributed by atoms with E-state index in [0.29, 0.717) is 0 Å². The zero-order chi connectivity index (χ0) is 30.0. The lowest BCUT2D eigenvalue weighted by Gasteiger charge is -2.14. The van der Waals surface area contributed by atoms with Crippen molar-refractivity contribution < 1.29 is 0 Å². The highest BCUT2D eigenvalue weighted by molar-refractivity contribution is 5.84. The molecule has 6 aromatic carbocycles. The molecule has 2 heteroatoms. The average molecular weight is 567 g/mol. The lowest BCUT2D eigenvalue weighted by atomic mass is 9.97. The number of para-hydroxylation sites is 1. The molecule has 0 saturated carbocycles. The predicted molar refractivity (Wildman–Crippen MR) is 190 cm³/mol. The van der Waals surface area contributed by atoms with E-state index in [2.05, 4.69) is 151 Å². The molecule has 2 N–H and O–H groups in total. The van der Waals surface area contributed by atoms with Crippen LogP contribution in [0.4, 0.5) is 17.1 Å². The average Bonchev–Trinajstić information content (AvgIpc) is 3.09. The van der Waals surface area contributed by atoms with Crippen molar-refractivity contribution in [3.63, 3.8) is 0 Å². The molecule has 6 rings (SSSR count). The Morgan fingerprint density at radius 3 is 1.89 bits per heavy atom. The third kappa shape index (κ3) is 7.13. The van der Waals surface area contributed by atoms with Gasteiger partial charge in [-0.25, -0.2) is 0 Å². The molecule has 0 aliphatic carbocycles. The highest BCUT2D eigenvalue weighted by Crippen LogP contribution is 2.34. The van der Waals surface area contributed by atoms with Gasteiger partial charge in [-0.2, -0.15) is 0 Å². The first-order chi connectivity index (χ1) is 21.7. The molecule has 0 heterocycles. The summed E-state index contributed by atoms with van der Waals surface area (Å²) >= 11 is 0. The molecular weight excluding hydrogens is 532 g/mol. The maximum absolute atomic E-state index is 4.14. The van der Waals surface area contributed by atoms with Gasteiger partial charge >= 0.3 is 0 Å². The van der Waals surface area contributed by atoms with Crippen LogP contribution < -0.4 is 10.6 Å². The van der Waals surface area contributed by atoms with Crippen molar-refractivity contribution in [2.45, 2.75) is 0 Å². The first-order valence-electron chi connectivity index (χ1n) is 14.8. The summed E-state index contributed by atoms with van der Waals surface area (Å²) in [5, 5.41) is 7.02. The lowest BCUT2D eigenvalue weighted by molar-refractivity contribution is 1.52. The zero-order valence-corrected chi connectivity index (χ0v) is 24.5. The van der Waals surface area contributed by atoms with Gasteiger partial charge < -0.3 is 10.6 Å². The smallest absolute Gasteiger partial charge is 0.0463 e. The molecule has 0 spiro atoms. The Morgan fingerprint density at radius 1 is 0.477 bits per heavy atom. The van der Waals surface area contributed by atoms with Gasteiger partial charge in [0.05, 0.1) is 0 Å². The summed E-state index contributed by atoms with van der Waals surface area (Å²) in [6.07, 6.45) is 7.92. The molecule has 0 aliphatic rings. The second-order valence-electron chi connectivity index (χ2n) is 10.5. The van der Waals surface area contributed by atoms with Crippen LogP contribution in [0.3, 0.4) is 0 Å². The van der Waals surface area contributed by atoms with Crippen LogP contribution in [0.15, 0.2) is 189 Å². The fourth-order valence-electron chi connectivity index (χ4n) is 5.15. The maximum Gasteiger partial charge on any atom is 0.0463 e.